The van der Waals surface area contributed by atoms with Crippen LogP contribution in [0.15, 0.2) is 48.9 Å². The Bertz CT molecular complexity index is 1010. The van der Waals surface area contributed by atoms with Crippen molar-refractivity contribution in [1.29, 1.82) is 0 Å². The van der Waals surface area contributed by atoms with Crippen LogP contribution in [0.2, 0.25) is 0 Å². The van der Waals surface area contributed by atoms with E-state index in [-0.39, 0.29) is 5.91 Å². The molecule has 0 unspecified atom stereocenters. The van der Waals surface area contributed by atoms with E-state index in [1.807, 2.05) is 22.6 Å². The molecular weight excluding hydrogens is 311 g/mol. The van der Waals surface area contributed by atoms with Gasteiger partial charge in [0.1, 0.15) is 11.4 Å². The molecule has 23 heavy (non-hydrogen) atoms. The van der Waals surface area contributed by atoms with Gasteiger partial charge in [-0.05, 0) is 30.3 Å². The first-order valence-corrected chi connectivity index (χ1v) is 7.73. The maximum atomic E-state index is 12.3. The Morgan fingerprint density at radius 3 is 3.04 bits per heavy atom. The van der Waals surface area contributed by atoms with Crippen LogP contribution in [0.4, 0.5) is 5.69 Å². The summed E-state index contributed by atoms with van der Waals surface area (Å²) in [5.41, 5.74) is 2.01. The number of anilines is 1. The second kappa shape index (κ2) is 5.36. The fourth-order valence-electron chi connectivity index (χ4n) is 2.35. The largest absolute Gasteiger partial charge is 0.497 e. The average Bonchev–Trinajstić information content (AvgIpc) is 3.12. The topological polar surface area (TPSA) is 68.5 Å². The Kier molecular flexibility index (Phi) is 3.20. The zero-order chi connectivity index (χ0) is 15.8. The van der Waals surface area contributed by atoms with Crippen molar-refractivity contribution in [3.05, 3.63) is 54.6 Å². The number of hydrogen-bond acceptors (Lipinski definition) is 5. The van der Waals surface area contributed by atoms with Crippen LogP contribution in [0.1, 0.15) is 10.5 Å². The molecule has 3 heterocycles. The number of amides is 1. The number of hydrogen-bond donors (Lipinski definition) is 1. The van der Waals surface area contributed by atoms with E-state index in [1.54, 1.807) is 37.8 Å². The first-order valence-electron chi connectivity index (χ1n) is 6.91. The highest BCUT2D eigenvalue weighted by atomic mass is 32.1. The molecule has 7 heteroatoms. The quantitative estimate of drug-likeness (QED) is 0.628. The van der Waals surface area contributed by atoms with E-state index < -0.39 is 0 Å². The van der Waals surface area contributed by atoms with Crippen molar-refractivity contribution in [2.75, 3.05) is 12.4 Å². The van der Waals surface area contributed by atoms with E-state index in [1.165, 1.54) is 11.3 Å². The molecule has 1 amide bonds. The first kappa shape index (κ1) is 13.7. The Balaban J connectivity index is 1.70. The van der Waals surface area contributed by atoms with Gasteiger partial charge in [0.2, 0.25) is 0 Å². The van der Waals surface area contributed by atoms with E-state index in [4.69, 9.17) is 4.74 Å². The molecule has 114 valence electrons. The molecule has 0 radical (unpaired) electrons. The van der Waals surface area contributed by atoms with Crippen molar-refractivity contribution < 1.29 is 9.53 Å². The lowest BCUT2D eigenvalue weighted by molar-refractivity contribution is 0.102. The highest BCUT2D eigenvalue weighted by Crippen LogP contribution is 2.29. The predicted molar refractivity (Wildman–Crippen MR) is 89.3 cm³/mol. The van der Waals surface area contributed by atoms with Crippen molar-refractivity contribution in [2.24, 2.45) is 0 Å². The second-order valence-corrected chi connectivity index (χ2v) is 5.92. The molecule has 1 aromatic carbocycles. The molecule has 0 saturated heterocycles. The average molecular weight is 323 g/mol. The second-order valence-electron chi connectivity index (χ2n) is 4.91. The van der Waals surface area contributed by atoms with Gasteiger partial charge >= 0.3 is 0 Å². The molecule has 0 aliphatic rings. The summed E-state index contributed by atoms with van der Waals surface area (Å²) in [5.74, 6) is 0.548. The molecule has 4 aromatic rings. The number of carbonyl (C=O) groups excluding carboxylic acids is 1. The Morgan fingerprint density at radius 2 is 2.26 bits per heavy atom. The van der Waals surface area contributed by atoms with Crippen molar-refractivity contribution in [2.45, 2.75) is 0 Å². The third-order valence-corrected chi connectivity index (χ3v) is 4.47. The van der Waals surface area contributed by atoms with Gasteiger partial charge < -0.3 is 10.1 Å². The maximum Gasteiger partial charge on any atom is 0.275 e. The van der Waals surface area contributed by atoms with Crippen molar-refractivity contribution in [3.63, 3.8) is 0 Å². The third-order valence-electron chi connectivity index (χ3n) is 3.45. The van der Waals surface area contributed by atoms with Crippen molar-refractivity contribution >= 4 is 38.1 Å². The Morgan fingerprint density at radius 1 is 1.35 bits per heavy atom. The van der Waals surface area contributed by atoms with Crippen LogP contribution in [0.25, 0.3) is 15.2 Å². The number of carbonyl (C=O) groups is 1. The van der Waals surface area contributed by atoms with E-state index >= 15 is 0 Å². The SMILES string of the molecule is [11CH3]Oc1ccc2c(c1)sc1nc(C(=O)Nc3cccnc3)cn12. The minimum atomic E-state index is -0.254. The lowest BCUT2D eigenvalue weighted by Gasteiger charge is -2.01. The van der Waals surface area contributed by atoms with Crippen LogP contribution < -0.4 is 10.1 Å². The molecule has 4 rings (SSSR count). The van der Waals surface area contributed by atoms with Crippen LogP contribution in [0.3, 0.4) is 0 Å². The van der Waals surface area contributed by atoms with Gasteiger partial charge in [-0.15, -0.1) is 0 Å². The zero-order valence-corrected chi connectivity index (χ0v) is 13.0. The fourth-order valence-corrected chi connectivity index (χ4v) is 3.39. The van der Waals surface area contributed by atoms with Gasteiger partial charge in [-0.25, -0.2) is 4.98 Å². The van der Waals surface area contributed by atoms with Gasteiger partial charge in [0.05, 0.1) is 29.2 Å². The van der Waals surface area contributed by atoms with Gasteiger partial charge in [-0.1, -0.05) is 11.3 Å². The summed E-state index contributed by atoms with van der Waals surface area (Å²) in [6, 6.07) is 9.36. The van der Waals surface area contributed by atoms with Gasteiger partial charge in [-0.2, -0.15) is 0 Å². The lowest BCUT2D eigenvalue weighted by atomic mass is 10.3. The van der Waals surface area contributed by atoms with Crippen LogP contribution in [0, 0.1) is 0 Å². The smallest absolute Gasteiger partial charge is 0.275 e. The van der Waals surface area contributed by atoms with E-state index in [2.05, 4.69) is 15.3 Å². The Labute approximate surface area is 135 Å². The normalized spacial score (nSPS) is 11.0. The summed E-state index contributed by atoms with van der Waals surface area (Å²) in [7, 11) is 1.64. The number of nitrogens with zero attached hydrogens (tertiary/aromatic N) is 3. The van der Waals surface area contributed by atoms with Gasteiger partial charge in [0.15, 0.2) is 4.96 Å². The third kappa shape index (κ3) is 2.40. The lowest BCUT2D eigenvalue weighted by Crippen LogP contribution is -2.12. The van der Waals surface area contributed by atoms with Crippen LogP contribution in [-0.4, -0.2) is 27.4 Å². The highest BCUT2D eigenvalue weighted by Gasteiger charge is 2.14. The fraction of sp³-hybridized carbons (Fsp3) is 0.0625. The standard InChI is InChI=1S/C16H12N4O2S/c1-22-11-4-5-13-14(7-11)23-16-19-12(9-20(13)16)15(21)18-10-3-2-6-17-8-10/h2-9H,1H3,(H,18,21)/i1-1. The van der Waals surface area contributed by atoms with E-state index in [9.17, 15) is 4.79 Å². The minimum absolute atomic E-state index is 0.254. The Hall–Kier alpha value is -2.93. The molecule has 0 atom stereocenters. The summed E-state index contributed by atoms with van der Waals surface area (Å²) >= 11 is 1.52. The molecule has 0 saturated carbocycles. The van der Waals surface area contributed by atoms with Crippen LogP contribution in [-0.2, 0) is 0 Å². The summed E-state index contributed by atoms with van der Waals surface area (Å²) in [6.45, 7) is 0. The number of pyridine rings is 1. The van der Waals surface area contributed by atoms with Crippen molar-refractivity contribution in [3.8, 4) is 5.75 Å². The molecule has 3 aromatic heterocycles. The molecule has 6 nitrogen and oxygen atoms in total. The maximum absolute atomic E-state index is 12.3. The minimum Gasteiger partial charge on any atom is -0.497 e. The van der Waals surface area contributed by atoms with E-state index in [0.29, 0.717) is 11.4 Å². The van der Waals surface area contributed by atoms with Gasteiger partial charge in [-0.3, -0.25) is 14.2 Å². The molecule has 0 fully saturated rings. The highest BCUT2D eigenvalue weighted by molar-refractivity contribution is 7.23. The number of aromatic nitrogens is 3. The molecule has 0 aliphatic heterocycles. The number of methoxy groups -OCH3 is 1. The number of ether oxygens (including phenoxy) is 1. The predicted octanol–water partition coefficient (Wildman–Crippen LogP) is 3.20. The number of fused-ring (bicyclic) bond motifs is 3. The van der Waals surface area contributed by atoms with Gasteiger partial charge in [0, 0.05) is 12.4 Å². The van der Waals surface area contributed by atoms with Crippen molar-refractivity contribution in [1.82, 2.24) is 14.4 Å². The monoisotopic (exact) mass is 323 g/mol. The number of benzene rings is 1. The zero-order valence-electron chi connectivity index (χ0n) is 12.2. The summed E-state index contributed by atoms with van der Waals surface area (Å²) < 4.78 is 8.21. The molecule has 1 N–H and O–H groups in total. The number of imidazole rings is 1. The van der Waals surface area contributed by atoms with Crippen LogP contribution >= 0.6 is 11.3 Å². The van der Waals surface area contributed by atoms with Crippen LogP contribution in [0.5, 0.6) is 5.75 Å². The summed E-state index contributed by atoms with van der Waals surface area (Å²) in [6.07, 6.45) is 4.99. The van der Waals surface area contributed by atoms with E-state index in [0.717, 1.165) is 20.9 Å². The summed E-state index contributed by atoms with van der Waals surface area (Å²) in [4.78, 5) is 21.4. The van der Waals surface area contributed by atoms with Gasteiger partial charge in [0.25, 0.3) is 5.91 Å². The molecular formula is C16H12N4O2S. The number of thiazole rings is 1. The number of rotatable bonds is 3. The molecule has 0 bridgehead atoms. The number of nitrogens with one attached hydrogen (secondary N) is 1. The summed E-state index contributed by atoms with van der Waals surface area (Å²) in [5, 5.41) is 2.78. The molecule has 0 spiro atoms. The molecule has 0 aliphatic carbocycles. The first-order chi connectivity index (χ1) is 11.2.